The van der Waals surface area contributed by atoms with Crippen molar-refractivity contribution in [3.8, 4) is 5.75 Å². The lowest BCUT2D eigenvalue weighted by atomic mass is 10.0. The lowest BCUT2D eigenvalue weighted by Gasteiger charge is -2.24. The smallest absolute Gasteiger partial charge is 0.347 e. The zero-order valence-electron chi connectivity index (χ0n) is 21.7. The van der Waals surface area contributed by atoms with Gasteiger partial charge in [-0.1, -0.05) is 39.0 Å². The zero-order valence-corrected chi connectivity index (χ0v) is 21.7. The van der Waals surface area contributed by atoms with Crippen molar-refractivity contribution < 1.29 is 38.2 Å². The van der Waals surface area contributed by atoms with Crippen LogP contribution in [0.15, 0.2) is 36.4 Å². The summed E-state index contributed by atoms with van der Waals surface area (Å²) in [7, 11) is 1.55. The highest BCUT2D eigenvalue weighted by atomic mass is 16.6. The van der Waals surface area contributed by atoms with Gasteiger partial charge in [-0.15, -0.1) is 0 Å². The molecule has 10 nitrogen and oxygen atoms in total. The summed E-state index contributed by atoms with van der Waals surface area (Å²) in [5.41, 5.74) is 0.794. The summed E-state index contributed by atoms with van der Waals surface area (Å²) in [6.07, 6.45) is 1.72. The molecule has 1 heterocycles. The minimum Gasteiger partial charge on any atom is -0.497 e. The van der Waals surface area contributed by atoms with Crippen LogP contribution in [0.5, 0.6) is 5.75 Å². The van der Waals surface area contributed by atoms with Gasteiger partial charge in [-0.3, -0.25) is 14.4 Å². The maximum absolute atomic E-state index is 12.9. The Labute approximate surface area is 217 Å². The minimum atomic E-state index is -1.15. The molecule has 0 aromatic heterocycles. The monoisotopic (exact) mass is 516 g/mol. The average Bonchev–Trinajstić information content (AvgIpc) is 2.86. The number of rotatable bonds is 7. The van der Waals surface area contributed by atoms with Crippen molar-refractivity contribution in [2.24, 2.45) is 11.8 Å². The normalized spacial score (nSPS) is 23.8. The van der Waals surface area contributed by atoms with E-state index in [0.717, 1.165) is 5.56 Å². The number of benzene rings is 1. The molecule has 2 N–H and O–H groups in total. The van der Waals surface area contributed by atoms with Gasteiger partial charge < -0.3 is 29.6 Å². The highest BCUT2D eigenvalue weighted by Crippen LogP contribution is 2.17. The molecule has 10 heteroatoms. The molecule has 0 bridgehead atoms. The van der Waals surface area contributed by atoms with E-state index in [2.05, 4.69) is 10.6 Å². The van der Waals surface area contributed by atoms with Gasteiger partial charge in [0.25, 0.3) is 0 Å². The summed E-state index contributed by atoms with van der Waals surface area (Å²) in [5.74, 6) is -2.39. The van der Waals surface area contributed by atoms with Gasteiger partial charge >= 0.3 is 11.9 Å². The molecule has 1 aliphatic rings. The first-order valence-corrected chi connectivity index (χ1v) is 12.4. The highest BCUT2D eigenvalue weighted by Gasteiger charge is 2.30. The van der Waals surface area contributed by atoms with Crippen LogP contribution in [0, 0.1) is 11.8 Å². The largest absolute Gasteiger partial charge is 0.497 e. The Morgan fingerprint density at radius 3 is 2.41 bits per heavy atom. The molecule has 37 heavy (non-hydrogen) atoms. The van der Waals surface area contributed by atoms with Crippen LogP contribution in [-0.2, 0) is 39.9 Å². The van der Waals surface area contributed by atoms with E-state index < -0.39 is 47.9 Å². The molecule has 4 atom stereocenters. The van der Waals surface area contributed by atoms with Gasteiger partial charge in [-0.2, -0.15) is 0 Å². The minimum absolute atomic E-state index is 0.0277. The highest BCUT2D eigenvalue weighted by molar-refractivity contribution is 5.93. The lowest BCUT2D eigenvalue weighted by molar-refractivity contribution is -0.174. The van der Waals surface area contributed by atoms with Crippen LogP contribution < -0.4 is 15.4 Å². The second kappa shape index (κ2) is 14.8. The third-order valence-corrected chi connectivity index (χ3v) is 5.79. The molecule has 0 radical (unpaired) electrons. The van der Waals surface area contributed by atoms with E-state index in [-0.39, 0.29) is 38.1 Å². The summed E-state index contributed by atoms with van der Waals surface area (Å²) in [5, 5.41) is 5.32. The molecule has 2 amide bonds. The predicted molar refractivity (Wildman–Crippen MR) is 134 cm³/mol. The number of methoxy groups -OCH3 is 1. The van der Waals surface area contributed by atoms with Gasteiger partial charge in [0.15, 0.2) is 6.10 Å². The van der Waals surface area contributed by atoms with Crippen molar-refractivity contribution in [2.45, 2.75) is 64.7 Å². The van der Waals surface area contributed by atoms with Gasteiger partial charge in [0.2, 0.25) is 11.8 Å². The van der Waals surface area contributed by atoms with Gasteiger partial charge in [0, 0.05) is 25.3 Å². The van der Waals surface area contributed by atoms with E-state index in [9.17, 15) is 24.0 Å². The molecule has 0 unspecified atom stereocenters. The Morgan fingerprint density at radius 1 is 1.08 bits per heavy atom. The van der Waals surface area contributed by atoms with Crippen LogP contribution in [-0.4, -0.2) is 61.9 Å². The molecule has 0 saturated heterocycles. The number of cyclic esters (lactones) is 2. The van der Waals surface area contributed by atoms with Gasteiger partial charge in [-0.25, -0.2) is 4.79 Å². The third-order valence-electron chi connectivity index (χ3n) is 5.79. The lowest BCUT2D eigenvalue weighted by Crippen LogP contribution is -2.48. The first-order valence-electron chi connectivity index (χ1n) is 12.4. The fraction of sp³-hybridized carbons (Fsp3) is 0.519. The second-order valence-electron chi connectivity index (χ2n) is 9.37. The van der Waals surface area contributed by atoms with Crippen LogP contribution in [0.1, 0.15) is 45.6 Å². The number of nitrogens with one attached hydrogen (secondary N) is 2. The molecule has 0 spiro atoms. The van der Waals surface area contributed by atoms with E-state index in [1.807, 2.05) is 13.8 Å². The van der Waals surface area contributed by atoms with Crippen molar-refractivity contribution in [2.75, 3.05) is 13.7 Å². The summed E-state index contributed by atoms with van der Waals surface area (Å²) < 4.78 is 16.1. The van der Waals surface area contributed by atoms with E-state index in [1.165, 1.54) is 12.2 Å². The summed E-state index contributed by atoms with van der Waals surface area (Å²) in [6, 6.07) is 6.18. The quantitative estimate of drug-likeness (QED) is 0.414. The fourth-order valence-electron chi connectivity index (χ4n) is 3.67. The Kier molecular flexibility index (Phi) is 11.8. The number of hydrogen-bond acceptors (Lipinski definition) is 8. The number of carbonyl (C=O) groups is 5. The fourth-order valence-corrected chi connectivity index (χ4v) is 3.67. The van der Waals surface area contributed by atoms with Gasteiger partial charge in [0.1, 0.15) is 24.2 Å². The maximum atomic E-state index is 12.9. The number of esters is 2. The number of ether oxygens (including phenoxy) is 3. The Balaban J connectivity index is 2.27. The summed E-state index contributed by atoms with van der Waals surface area (Å²) in [6.45, 7) is 5.29. The van der Waals surface area contributed by atoms with Gasteiger partial charge in [-0.05, 0) is 36.1 Å². The Hall–Kier alpha value is -3.69. The van der Waals surface area contributed by atoms with Crippen LogP contribution >= 0.6 is 0 Å². The molecule has 1 aromatic rings. The SMILES string of the molecule is COc1ccc(C[C@H]2NC(=O)/C=C/C[C@@H]([C@H](C)C=O)OC(=O)[C@H](CC(C)C)OC(=O)CCNC2=O)cc1. The van der Waals surface area contributed by atoms with Gasteiger partial charge in [0.05, 0.1) is 13.5 Å². The molecular formula is C27H36N2O8. The molecule has 202 valence electrons. The van der Waals surface area contributed by atoms with E-state index >= 15 is 0 Å². The molecule has 1 aliphatic heterocycles. The topological polar surface area (TPSA) is 137 Å². The first kappa shape index (κ1) is 29.5. The number of aldehydes is 1. The first-order chi connectivity index (χ1) is 17.6. The van der Waals surface area contributed by atoms with Crippen molar-refractivity contribution in [3.63, 3.8) is 0 Å². The molecule has 1 aromatic carbocycles. The number of amides is 2. The van der Waals surface area contributed by atoms with Crippen LogP contribution in [0.3, 0.4) is 0 Å². The van der Waals surface area contributed by atoms with Crippen LogP contribution in [0.25, 0.3) is 0 Å². The maximum Gasteiger partial charge on any atom is 0.347 e. The summed E-state index contributed by atoms with van der Waals surface area (Å²) >= 11 is 0. The van der Waals surface area contributed by atoms with Crippen molar-refractivity contribution >= 4 is 30.0 Å². The number of hydrogen-bond donors (Lipinski definition) is 2. The molecule has 0 aliphatic carbocycles. The third kappa shape index (κ3) is 10.1. The Bertz CT molecular complexity index is 973. The van der Waals surface area contributed by atoms with Crippen molar-refractivity contribution in [1.29, 1.82) is 0 Å². The molecule has 0 fully saturated rings. The van der Waals surface area contributed by atoms with Crippen molar-refractivity contribution in [3.05, 3.63) is 42.0 Å². The predicted octanol–water partition coefficient (Wildman–Crippen LogP) is 1.89. The standard InChI is InChI=1S/C27H36N2O8/c1-17(2)14-23-27(34)37-22(18(3)16-30)6-5-7-24(31)29-21(26(33)28-13-12-25(32)36-23)15-19-8-10-20(35-4)11-9-19/h5,7-11,16-18,21-23H,6,12-15H2,1-4H3,(H,28,33)(H,29,31)/b7-5+/t18-,21-,22+,23+/m1/s1. The molecule has 0 saturated carbocycles. The van der Waals surface area contributed by atoms with E-state index in [1.54, 1.807) is 38.3 Å². The number of carbonyl (C=O) groups excluding carboxylic acids is 5. The average molecular weight is 517 g/mol. The van der Waals surface area contributed by atoms with E-state index in [0.29, 0.717) is 12.0 Å². The molecule has 2 rings (SSSR count). The molecular weight excluding hydrogens is 480 g/mol. The summed E-state index contributed by atoms with van der Waals surface area (Å²) in [4.78, 5) is 62.1. The Morgan fingerprint density at radius 2 is 1.78 bits per heavy atom. The second-order valence-corrected chi connectivity index (χ2v) is 9.37. The van der Waals surface area contributed by atoms with Crippen LogP contribution in [0.4, 0.5) is 0 Å². The van der Waals surface area contributed by atoms with E-state index in [4.69, 9.17) is 14.2 Å². The van der Waals surface area contributed by atoms with Crippen molar-refractivity contribution in [1.82, 2.24) is 10.6 Å². The van der Waals surface area contributed by atoms with Crippen LogP contribution in [0.2, 0.25) is 0 Å². The zero-order chi connectivity index (χ0) is 27.4.